The summed E-state index contributed by atoms with van der Waals surface area (Å²) in [6, 6.07) is 23.2. The van der Waals surface area contributed by atoms with E-state index in [4.69, 9.17) is 11.6 Å². The normalized spacial score (nSPS) is 10.4. The number of aromatic hydroxyl groups is 1. The molecule has 3 aromatic rings. The van der Waals surface area contributed by atoms with Crippen molar-refractivity contribution in [2.75, 3.05) is 0 Å². The highest BCUT2D eigenvalue weighted by molar-refractivity contribution is 6.30. The Morgan fingerprint density at radius 2 is 1.30 bits per heavy atom. The number of hydrogen-bond acceptors (Lipinski definition) is 1. The summed E-state index contributed by atoms with van der Waals surface area (Å²) in [5.74, 6) is 0.272. The van der Waals surface area contributed by atoms with Crippen molar-refractivity contribution in [2.45, 2.75) is 0 Å². The summed E-state index contributed by atoms with van der Waals surface area (Å²) < 4.78 is 0. The number of phenols is 1. The van der Waals surface area contributed by atoms with E-state index in [9.17, 15) is 5.11 Å². The summed E-state index contributed by atoms with van der Waals surface area (Å²) in [5.41, 5.74) is 4.40. The summed E-state index contributed by atoms with van der Waals surface area (Å²) in [6.07, 6.45) is 0. The van der Waals surface area contributed by atoms with Gasteiger partial charge in [-0.1, -0.05) is 60.1 Å². The van der Waals surface area contributed by atoms with Crippen LogP contribution in [0.5, 0.6) is 5.75 Å². The lowest BCUT2D eigenvalue weighted by Gasteiger charge is -2.10. The molecule has 0 saturated carbocycles. The van der Waals surface area contributed by atoms with Crippen LogP contribution in [0.15, 0.2) is 72.8 Å². The Bertz CT molecular complexity index is 732. The van der Waals surface area contributed by atoms with Crippen molar-refractivity contribution >= 4 is 11.6 Å². The van der Waals surface area contributed by atoms with E-state index in [2.05, 4.69) is 12.1 Å². The molecule has 0 atom stereocenters. The number of hydrogen-bond donors (Lipinski definition) is 1. The van der Waals surface area contributed by atoms with Crippen LogP contribution in [-0.2, 0) is 0 Å². The van der Waals surface area contributed by atoms with Crippen LogP contribution in [0.25, 0.3) is 22.3 Å². The third-order valence-corrected chi connectivity index (χ3v) is 3.48. The van der Waals surface area contributed by atoms with Crippen molar-refractivity contribution in [3.05, 3.63) is 77.8 Å². The Morgan fingerprint density at radius 1 is 0.650 bits per heavy atom. The van der Waals surface area contributed by atoms with E-state index in [1.807, 2.05) is 48.5 Å². The molecule has 0 fully saturated rings. The number of halogens is 1. The van der Waals surface area contributed by atoms with Gasteiger partial charge in [0.25, 0.3) is 0 Å². The van der Waals surface area contributed by atoms with Gasteiger partial charge in [-0.15, -0.1) is 0 Å². The first-order valence-corrected chi connectivity index (χ1v) is 6.76. The predicted octanol–water partition coefficient (Wildman–Crippen LogP) is 5.38. The molecule has 0 aliphatic rings. The summed E-state index contributed by atoms with van der Waals surface area (Å²) in [7, 11) is 0. The summed E-state index contributed by atoms with van der Waals surface area (Å²) in [6.45, 7) is 0. The molecule has 0 radical (unpaired) electrons. The molecule has 98 valence electrons. The second-order valence-electron chi connectivity index (χ2n) is 4.60. The minimum Gasteiger partial charge on any atom is -0.508 e. The number of benzene rings is 3. The van der Waals surface area contributed by atoms with Crippen molar-refractivity contribution < 1.29 is 5.11 Å². The van der Waals surface area contributed by atoms with Crippen LogP contribution < -0.4 is 0 Å². The number of phenolic OH excluding ortho intramolecular Hbond substituents is 1. The fraction of sp³-hybridized carbons (Fsp3) is 0. The zero-order valence-corrected chi connectivity index (χ0v) is 11.5. The minimum atomic E-state index is 0.272. The van der Waals surface area contributed by atoms with Crippen molar-refractivity contribution in [3.63, 3.8) is 0 Å². The smallest absolute Gasteiger partial charge is 0.115 e. The Hall–Kier alpha value is -2.25. The summed E-state index contributed by atoms with van der Waals surface area (Å²) in [4.78, 5) is 0. The Labute approximate surface area is 123 Å². The zero-order chi connectivity index (χ0) is 13.9. The van der Waals surface area contributed by atoms with Gasteiger partial charge in [-0.05, 0) is 46.5 Å². The molecule has 20 heavy (non-hydrogen) atoms. The summed E-state index contributed by atoms with van der Waals surface area (Å²) in [5, 5.41) is 10.1. The molecule has 0 amide bonds. The third kappa shape index (κ3) is 2.54. The van der Waals surface area contributed by atoms with Gasteiger partial charge < -0.3 is 5.11 Å². The van der Waals surface area contributed by atoms with Crippen LogP contribution in [0.1, 0.15) is 0 Å². The van der Waals surface area contributed by atoms with Gasteiger partial charge in [-0.3, -0.25) is 0 Å². The third-order valence-electron chi connectivity index (χ3n) is 3.24. The van der Waals surface area contributed by atoms with Gasteiger partial charge in [-0.25, -0.2) is 0 Å². The molecule has 0 saturated heterocycles. The van der Waals surface area contributed by atoms with Gasteiger partial charge in [-0.2, -0.15) is 0 Å². The molecule has 0 aliphatic heterocycles. The zero-order valence-electron chi connectivity index (χ0n) is 10.8. The lowest BCUT2D eigenvalue weighted by Crippen LogP contribution is -1.84. The molecule has 0 bridgehead atoms. The first kappa shape index (κ1) is 12.8. The van der Waals surface area contributed by atoms with Crippen LogP contribution in [0, 0.1) is 0 Å². The van der Waals surface area contributed by atoms with Crippen LogP contribution in [-0.4, -0.2) is 5.11 Å². The van der Waals surface area contributed by atoms with Gasteiger partial charge in [0.1, 0.15) is 5.75 Å². The van der Waals surface area contributed by atoms with Gasteiger partial charge in [0, 0.05) is 5.02 Å². The van der Waals surface area contributed by atoms with Gasteiger partial charge in [0.05, 0.1) is 0 Å². The predicted molar refractivity (Wildman–Crippen MR) is 84.0 cm³/mol. The molecule has 0 heterocycles. The fourth-order valence-electron chi connectivity index (χ4n) is 2.28. The first-order valence-electron chi connectivity index (χ1n) is 6.38. The maximum absolute atomic E-state index is 9.41. The van der Waals surface area contributed by atoms with E-state index >= 15 is 0 Å². The molecule has 0 unspecified atom stereocenters. The van der Waals surface area contributed by atoms with E-state index in [0.717, 1.165) is 27.3 Å². The quantitative estimate of drug-likeness (QED) is 0.668. The molecule has 0 aliphatic carbocycles. The molecule has 3 aromatic carbocycles. The Morgan fingerprint density at radius 3 is 1.95 bits per heavy atom. The van der Waals surface area contributed by atoms with Crippen LogP contribution in [0.4, 0.5) is 0 Å². The standard InChI is InChI=1S/C18H13ClO/c19-15-5-3-4-14(12-15)18-7-2-1-6-17(18)13-8-10-16(20)11-9-13/h1-12,20H. The van der Waals surface area contributed by atoms with E-state index in [-0.39, 0.29) is 5.75 Å². The molecule has 3 rings (SSSR count). The van der Waals surface area contributed by atoms with Crippen molar-refractivity contribution in [3.8, 4) is 28.0 Å². The molecular weight excluding hydrogens is 268 g/mol. The largest absolute Gasteiger partial charge is 0.508 e. The topological polar surface area (TPSA) is 20.2 Å². The maximum atomic E-state index is 9.41. The molecule has 0 aromatic heterocycles. The lowest BCUT2D eigenvalue weighted by atomic mass is 9.95. The minimum absolute atomic E-state index is 0.272. The van der Waals surface area contributed by atoms with Gasteiger partial charge in [0.2, 0.25) is 0 Å². The van der Waals surface area contributed by atoms with Crippen LogP contribution in [0.2, 0.25) is 5.02 Å². The molecule has 2 heteroatoms. The average molecular weight is 281 g/mol. The highest BCUT2D eigenvalue weighted by Crippen LogP contribution is 2.33. The van der Waals surface area contributed by atoms with Crippen molar-refractivity contribution in [1.29, 1.82) is 0 Å². The van der Waals surface area contributed by atoms with E-state index in [1.165, 1.54) is 0 Å². The first-order chi connectivity index (χ1) is 9.74. The fourth-order valence-corrected chi connectivity index (χ4v) is 2.47. The number of rotatable bonds is 2. The molecular formula is C18H13ClO. The Balaban J connectivity index is 2.16. The lowest BCUT2D eigenvalue weighted by molar-refractivity contribution is 0.475. The second-order valence-corrected chi connectivity index (χ2v) is 5.04. The van der Waals surface area contributed by atoms with Gasteiger partial charge in [0.15, 0.2) is 0 Å². The molecule has 0 spiro atoms. The SMILES string of the molecule is Oc1ccc(-c2ccccc2-c2cccc(Cl)c2)cc1. The van der Waals surface area contributed by atoms with Gasteiger partial charge >= 0.3 is 0 Å². The van der Waals surface area contributed by atoms with Crippen LogP contribution in [0.3, 0.4) is 0 Å². The Kier molecular flexibility index (Phi) is 3.44. The van der Waals surface area contributed by atoms with Crippen molar-refractivity contribution in [1.82, 2.24) is 0 Å². The molecule has 1 nitrogen and oxygen atoms in total. The van der Waals surface area contributed by atoms with Crippen LogP contribution >= 0.6 is 11.6 Å². The second kappa shape index (κ2) is 5.40. The highest BCUT2D eigenvalue weighted by Gasteiger charge is 2.07. The average Bonchev–Trinajstić information content (AvgIpc) is 2.48. The maximum Gasteiger partial charge on any atom is 0.115 e. The monoisotopic (exact) mass is 280 g/mol. The van der Waals surface area contributed by atoms with Crippen molar-refractivity contribution in [2.24, 2.45) is 0 Å². The van der Waals surface area contributed by atoms with E-state index in [1.54, 1.807) is 12.1 Å². The van der Waals surface area contributed by atoms with E-state index in [0.29, 0.717) is 0 Å². The highest BCUT2D eigenvalue weighted by atomic mass is 35.5. The molecule has 1 N–H and O–H groups in total. The summed E-state index contributed by atoms with van der Waals surface area (Å²) >= 11 is 6.08. The van der Waals surface area contributed by atoms with E-state index < -0.39 is 0 Å².